The number of pyridine rings is 1. The van der Waals surface area contributed by atoms with Gasteiger partial charge in [-0.3, -0.25) is 14.7 Å². The maximum Gasteiger partial charge on any atom is 0.320 e. The number of ether oxygens (including phenoxy) is 1. The summed E-state index contributed by atoms with van der Waals surface area (Å²) in [6.45, 7) is 6.00. The fourth-order valence-corrected chi connectivity index (χ4v) is 5.75. The lowest BCUT2D eigenvalue weighted by molar-refractivity contribution is 0.171. The van der Waals surface area contributed by atoms with E-state index >= 15 is 0 Å². The van der Waals surface area contributed by atoms with Crippen molar-refractivity contribution in [1.29, 1.82) is 0 Å². The predicted molar refractivity (Wildman–Crippen MR) is 163 cm³/mol. The number of fused-ring (bicyclic) bond motifs is 2. The minimum Gasteiger partial charge on any atom is -0.484 e. The molecule has 0 radical (unpaired) electrons. The number of aliphatic hydroxyl groups is 1. The average Bonchev–Trinajstić information content (AvgIpc) is 3.40. The first-order valence-corrected chi connectivity index (χ1v) is 15.0. The molecule has 224 valence electrons. The molecule has 10 nitrogen and oxygen atoms in total. The third-order valence-electron chi connectivity index (χ3n) is 8.17. The van der Waals surface area contributed by atoms with E-state index in [1.165, 1.54) is 19.3 Å². The number of nitrogens with two attached hydrogens (primary N) is 1. The van der Waals surface area contributed by atoms with Gasteiger partial charge >= 0.3 is 6.03 Å². The van der Waals surface area contributed by atoms with Gasteiger partial charge in [-0.25, -0.2) is 4.79 Å². The number of amidine groups is 1. The number of rotatable bonds is 7. The summed E-state index contributed by atoms with van der Waals surface area (Å²) >= 11 is 0. The lowest BCUT2D eigenvalue weighted by atomic mass is 9.85. The highest BCUT2D eigenvalue weighted by molar-refractivity contribution is 6.04. The lowest BCUT2D eigenvalue weighted by Gasteiger charge is -2.32. The monoisotopic (exact) mass is 573 g/mol. The van der Waals surface area contributed by atoms with Gasteiger partial charge in [-0.1, -0.05) is 64.3 Å². The van der Waals surface area contributed by atoms with Crippen molar-refractivity contribution >= 4 is 17.5 Å². The van der Waals surface area contributed by atoms with Crippen LogP contribution in [0.3, 0.4) is 0 Å². The van der Waals surface area contributed by atoms with Crippen LogP contribution in [0, 0.1) is 5.41 Å². The van der Waals surface area contributed by atoms with Crippen molar-refractivity contribution < 1.29 is 14.6 Å². The molecule has 2 aliphatic rings. The molecule has 1 aromatic carbocycles. The molecule has 0 saturated heterocycles. The molecule has 0 bridgehead atoms. The van der Waals surface area contributed by atoms with Crippen LogP contribution in [0.5, 0.6) is 5.75 Å². The Bertz CT molecular complexity index is 1450. The number of aliphatic imine (C=N–C) groups is 1. The van der Waals surface area contributed by atoms with E-state index in [2.05, 4.69) is 36.3 Å². The fraction of sp³-hybridized carbons (Fsp3) is 0.500. The van der Waals surface area contributed by atoms with Crippen LogP contribution < -0.4 is 21.1 Å². The summed E-state index contributed by atoms with van der Waals surface area (Å²) in [4.78, 5) is 17.4. The number of carbonyl (C=O) groups is 1. The van der Waals surface area contributed by atoms with Gasteiger partial charge in [0.1, 0.15) is 23.5 Å². The van der Waals surface area contributed by atoms with Crippen molar-refractivity contribution in [1.82, 2.24) is 25.2 Å². The van der Waals surface area contributed by atoms with Crippen LogP contribution in [0.25, 0.3) is 5.65 Å². The Balaban J connectivity index is 1.30. The summed E-state index contributed by atoms with van der Waals surface area (Å²) < 4.78 is 8.66. The molecule has 0 unspecified atom stereocenters. The molecular weight excluding hydrogens is 530 g/mol. The molecule has 10 heteroatoms. The van der Waals surface area contributed by atoms with Gasteiger partial charge < -0.3 is 20.9 Å². The molecule has 0 spiro atoms. The maximum absolute atomic E-state index is 13.1. The summed E-state index contributed by atoms with van der Waals surface area (Å²) in [6.07, 6.45) is 11.0. The van der Waals surface area contributed by atoms with Crippen molar-refractivity contribution in [2.45, 2.75) is 83.8 Å². The van der Waals surface area contributed by atoms with E-state index in [-0.39, 0.29) is 36.7 Å². The van der Waals surface area contributed by atoms with Crippen LogP contribution in [0.15, 0.2) is 59.4 Å². The molecule has 42 heavy (non-hydrogen) atoms. The predicted octanol–water partition coefficient (Wildman–Crippen LogP) is 5.31. The molecule has 3 aromatic rings. The highest BCUT2D eigenvalue weighted by atomic mass is 16.5. The summed E-state index contributed by atoms with van der Waals surface area (Å²) in [6, 6.07) is 11.4. The number of carbonyl (C=O) groups excluding carboxylic acids is 1. The number of nitrogens with zero attached hydrogens (tertiary/aromatic N) is 4. The standard InChI is InChI=1S/C32H43N7O3/c1-32(2,3)27(33)19-28(34-17-18-40)36-31(41)35-25-14-15-26(24-12-8-7-11-23(24)25)42-22-13-16-29-37-38-30(39(29)20-22)21-9-5-4-6-10-21/h7-8,11-13,16,19-21,25-26,40H,4-6,9-10,14-15,17-18,33H2,1-3H3,(H2,34,35,36,41)/t25-,26+/m0/s1. The third kappa shape index (κ3) is 6.92. The zero-order chi connectivity index (χ0) is 29.7. The van der Waals surface area contributed by atoms with E-state index < -0.39 is 0 Å². The fourth-order valence-electron chi connectivity index (χ4n) is 5.75. The smallest absolute Gasteiger partial charge is 0.320 e. The number of aromatic nitrogens is 3. The van der Waals surface area contributed by atoms with E-state index in [0.717, 1.165) is 47.6 Å². The largest absolute Gasteiger partial charge is 0.484 e. The quantitative estimate of drug-likeness (QED) is 0.223. The van der Waals surface area contributed by atoms with Crippen molar-refractivity contribution in [3.05, 3.63) is 71.3 Å². The van der Waals surface area contributed by atoms with Gasteiger partial charge in [0.05, 0.1) is 25.4 Å². The second-order valence-electron chi connectivity index (χ2n) is 12.3. The molecule has 2 atom stereocenters. The number of hydrogen-bond donors (Lipinski definition) is 4. The number of allylic oxidation sites excluding steroid dienone is 1. The minimum absolute atomic E-state index is 0.125. The molecule has 2 heterocycles. The second-order valence-corrected chi connectivity index (χ2v) is 12.3. The minimum atomic E-state index is -0.378. The Morgan fingerprint density at radius 1 is 1.10 bits per heavy atom. The van der Waals surface area contributed by atoms with E-state index in [4.69, 9.17) is 10.5 Å². The van der Waals surface area contributed by atoms with Gasteiger partial charge in [0, 0.05) is 17.0 Å². The zero-order valence-electron chi connectivity index (χ0n) is 24.8. The van der Waals surface area contributed by atoms with Crippen LogP contribution >= 0.6 is 0 Å². The summed E-state index contributed by atoms with van der Waals surface area (Å²) in [5.41, 5.74) is 9.43. The molecule has 5 rings (SSSR count). The lowest BCUT2D eigenvalue weighted by Crippen LogP contribution is -2.42. The first-order chi connectivity index (χ1) is 20.2. The average molecular weight is 574 g/mol. The first-order valence-electron chi connectivity index (χ1n) is 15.0. The molecule has 2 aromatic heterocycles. The molecule has 2 amide bonds. The topological polar surface area (TPSA) is 139 Å². The van der Waals surface area contributed by atoms with Crippen LogP contribution in [0.1, 0.15) is 101 Å². The highest BCUT2D eigenvalue weighted by Gasteiger charge is 2.30. The number of aliphatic hydroxyl groups excluding tert-OH is 1. The van der Waals surface area contributed by atoms with Crippen LogP contribution in [0.2, 0.25) is 0 Å². The number of amides is 2. The van der Waals surface area contributed by atoms with E-state index in [1.807, 2.05) is 57.3 Å². The summed E-state index contributed by atoms with van der Waals surface area (Å²) in [5.74, 6) is 2.55. The molecule has 1 saturated carbocycles. The van der Waals surface area contributed by atoms with Gasteiger partial charge in [0.15, 0.2) is 5.65 Å². The Morgan fingerprint density at radius 2 is 1.86 bits per heavy atom. The van der Waals surface area contributed by atoms with Gasteiger partial charge in [0.2, 0.25) is 0 Å². The number of hydrogen-bond acceptors (Lipinski definition) is 7. The Hall–Kier alpha value is -3.92. The number of urea groups is 1. The maximum atomic E-state index is 13.1. The van der Waals surface area contributed by atoms with E-state index in [1.54, 1.807) is 6.08 Å². The zero-order valence-corrected chi connectivity index (χ0v) is 24.8. The van der Waals surface area contributed by atoms with Crippen LogP contribution in [0.4, 0.5) is 4.79 Å². The van der Waals surface area contributed by atoms with E-state index in [9.17, 15) is 9.90 Å². The first kappa shape index (κ1) is 29.6. The third-order valence-corrected chi connectivity index (χ3v) is 8.17. The Kier molecular flexibility index (Phi) is 9.11. The van der Waals surface area contributed by atoms with Crippen LogP contribution in [-0.4, -0.2) is 44.7 Å². The molecule has 0 aliphatic heterocycles. The van der Waals surface area contributed by atoms with Gasteiger partial charge in [0.25, 0.3) is 0 Å². The van der Waals surface area contributed by atoms with Gasteiger partial charge in [-0.05, 0) is 55.0 Å². The second kappa shape index (κ2) is 12.9. The molecule has 2 aliphatic carbocycles. The van der Waals surface area contributed by atoms with E-state index in [0.29, 0.717) is 23.9 Å². The molecule has 5 N–H and O–H groups in total. The Labute approximate surface area is 247 Å². The van der Waals surface area contributed by atoms with Gasteiger partial charge in [-0.15, -0.1) is 10.2 Å². The molecule has 1 fully saturated rings. The van der Waals surface area contributed by atoms with Crippen molar-refractivity contribution in [3.8, 4) is 5.75 Å². The van der Waals surface area contributed by atoms with Crippen molar-refractivity contribution in [2.75, 3.05) is 13.2 Å². The SMILES string of the molecule is CC(C)(C)C(N)=CC(=NCCO)NC(=O)N[C@H]1CC[C@@H](Oc2ccc3nnc(C4CCCCC4)n3c2)c2ccccc21. The number of benzene rings is 1. The van der Waals surface area contributed by atoms with Crippen molar-refractivity contribution in [3.63, 3.8) is 0 Å². The normalized spacial score (nSPS) is 20.3. The Morgan fingerprint density at radius 3 is 2.60 bits per heavy atom. The number of nitrogens with one attached hydrogen (secondary N) is 2. The molecular formula is C32H43N7O3. The van der Waals surface area contributed by atoms with Crippen LogP contribution in [-0.2, 0) is 0 Å². The summed E-state index contributed by atoms with van der Waals surface area (Å²) in [7, 11) is 0. The van der Waals surface area contributed by atoms with Crippen molar-refractivity contribution in [2.24, 2.45) is 16.1 Å². The van der Waals surface area contributed by atoms with Gasteiger partial charge in [-0.2, -0.15) is 0 Å². The highest BCUT2D eigenvalue weighted by Crippen LogP contribution is 2.39. The summed E-state index contributed by atoms with van der Waals surface area (Å²) in [5, 5.41) is 24.1.